The molecule has 0 aliphatic heterocycles. The lowest BCUT2D eigenvalue weighted by Crippen LogP contribution is -1.98. The van der Waals surface area contributed by atoms with E-state index >= 15 is 0 Å². The normalized spacial score (nSPS) is 11.2. The Labute approximate surface area is 129 Å². The number of imidazole rings is 1. The summed E-state index contributed by atoms with van der Waals surface area (Å²) in [6, 6.07) is 5.56. The Bertz CT molecular complexity index is 637. The fraction of sp³-hybridized carbons (Fsp3) is 0.333. The molecule has 2 rings (SSSR count). The second-order valence-corrected chi connectivity index (χ2v) is 5.13. The Balaban J connectivity index is 2.07. The smallest absolute Gasteiger partial charge is 0.221 e. The average Bonchev–Trinajstić information content (AvgIpc) is 2.77. The van der Waals surface area contributed by atoms with Gasteiger partial charge in [-0.3, -0.25) is 0 Å². The fourth-order valence-electron chi connectivity index (χ4n) is 1.77. The van der Waals surface area contributed by atoms with E-state index in [2.05, 4.69) is 17.0 Å². The number of aryl methyl sites for hydroxylation is 1. The summed E-state index contributed by atoms with van der Waals surface area (Å²) >= 11 is 6.19. The molecule has 1 heterocycles. The first kappa shape index (κ1) is 15.4. The van der Waals surface area contributed by atoms with Crippen LogP contribution in [0.25, 0.3) is 0 Å². The van der Waals surface area contributed by atoms with Crippen molar-refractivity contribution in [1.82, 2.24) is 9.66 Å². The van der Waals surface area contributed by atoms with Crippen LogP contribution < -0.4 is 10.5 Å². The predicted octanol–water partition coefficient (Wildman–Crippen LogP) is 3.49. The van der Waals surface area contributed by atoms with Gasteiger partial charge in [0.2, 0.25) is 5.95 Å². The standard InChI is InChI=1S/C15H19ClN4O/c1-3-4-7-21-14-6-5-12(8-13(14)16)9-18-20-10-11(2)19-15(20)17/h5-6,8-10H,3-4,7H2,1-2H3,(H2,17,19). The van der Waals surface area contributed by atoms with Crippen LogP contribution in [-0.2, 0) is 0 Å². The van der Waals surface area contributed by atoms with Crippen molar-refractivity contribution in [3.63, 3.8) is 0 Å². The van der Waals surface area contributed by atoms with Crippen LogP contribution in [0.15, 0.2) is 29.5 Å². The van der Waals surface area contributed by atoms with Crippen molar-refractivity contribution >= 4 is 23.8 Å². The van der Waals surface area contributed by atoms with Crippen molar-refractivity contribution in [2.24, 2.45) is 5.10 Å². The van der Waals surface area contributed by atoms with E-state index < -0.39 is 0 Å². The van der Waals surface area contributed by atoms with Gasteiger partial charge >= 0.3 is 0 Å². The first-order valence-corrected chi connectivity index (χ1v) is 7.26. The molecule has 6 heteroatoms. The highest BCUT2D eigenvalue weighted by Crippen LogP contribution is 2.25. The summed E-state index contributed by atoms with van der Waals surface area (Å²) in [5.74, 6) is 1.05. The van der Waals surface area contributed by atoms with Crippen molar-refractivity contribution < 1.29 is 4.74 Å². The molecular formula is C15H19ClN4O. The molecule has 5 nitrogen and oxygen atoms in total. The molecule has 2 N–H and O–H groups in total. The lowest BCUT2D eigenvalue weighted by atomic mass is 10.2. The number of benzene rings is 1. The van der Waals surface area contributed by atoms with E-state index in [0.717, 1.165) is 24.1 Å². The molecule has 0 aliphatic rings. The van der Waals surface area contributed by atoms with Crippen molar-refractivity contribution in [1.29, 1.82) is 0 Å². The molecule has 21 heavy (non-hydrogen) atoms. The van der Waals surface area contributed by atoms with Gasteiger partial charge in [-0.2, -0.15) is 5.10 Å². The highest BCUT2D eigenvalue weighted by molar-refractivity contribution is 6.32. The molecule has 1 aromatic heterocycles. The summed E-state index contributed by atoms with van der Waals surface area (Å²) in [5, 5.41) is 4.82. The molecule has 1 aromatic carbocycles. The van der Waals surface area contributed by atoms with Gasteiger partial charge < -0.3 is 10.5 Å². The number of anilines is 1. The highest BCUT2D eigenvalue weighted by atomic mass is 35.5. The molecule has 0 aliphatic carbocycles. The lowest BCUT2D eigenvalue weighted by Gasteiger charge is -2.07. The largest absolute Gasteiger partial charge is 0.492 e. The van der Waals surface area contributed by atoms with E-state index in [1.807, 2.05) is 25.1 Å². The molecule has 0 bridgehead atoms. The molecule has 112 valence electrons. The maximum atomic E-state index is 6.19. The minimum Gasteiger partial charge on any atom is -0.492 e. The van der Waals surface area contributed by atoms with Crippen LogP contribution in [0.5, 0.6) is 5.75 Å². The maximum Gasteiger partial charge on any atom is 0.221 e. The quantitative estimate of drug-likeness (QED) is 0.656. The first-order chi connectivity index (χ1) is 10.1. The van der Waals surface area contributed by atoms with Crippen molar-refractivity contribution in [3.05, 3.63) is 40.7 Å². The molecule has 0 unspecified atom stereocenters. The van der Waals surface area contributed by atoms with Crippen LogP contribution in [0.2, 0.25) is 5.02 Å². The number of nitrogen functional groups attached to an aromatic ring is 1. The van der Waals surface area contributed by atoms with Gasteiger partial charge in [0.15, 0.2) is 0 Å². The Morgan fingerprint density at radius 3 is 2.90 bits per heavy atom. The summed E-state index contributed by atoms with van der Waals surface area (Å²) in [5.41, 5.74) is 7.41. The van der Waals surface area contributed by atoms with Crippen LogP contribution in [0, 0.1) is 6.92 Å². The summed E-state index contributed by atoms with van der Waals surface area (Å²) in [6.07, 6.45) is 5.54. The maximum absolute atomic E-state index is 6.19. The SMILES string of the molecule is CCCCOc1ccc(C=Nn2cc(C)nc2N)cc1Cl. The zero-order chi connectivity index (χ0) is 15.2. The number of nitrogens with zero attached hydrogens (tertiary/aromatic N) is 3. The van der Waals surface area contributed by atoms with Gasteiger partial charge in [0.25, 0.3) is 0 Å². The second-order valence-electron chi connectivity index (χ2n) is 4.72. The molecular weight excluding hydrogens is 288 g/mol. The highest BCUT2D eigenvalue weighted by Gasteiger charge is 2.03. The van der Waals surface area contributed by atoms with E-state index in [-0.39, 0.29) is 0 Å². The topological polar surface area (TPSA) is 65.4 Å². The predicted molar refractivity (Wildman–Crippen MR) is 86.2 cm³/mol. The number of unbranched alkanes of at least 4 members (excludes halogenated alkanes) is 1. The molecule has 0 saturated heterocycles. The summed E-state index contributed by atoms with van der Waals surface area (Å²) in [7, 11) is 0. The van der Waals surface area contributed by atoms with Crippen molar-refractivity contribution in [2.75, 3.05) is 12.3 Å². The number of hydrogen-bond acceptors (Lipinski definition) is 4. The van der Waals surface area contributed by atoms with Gasteiger partial charge in [-0.1, -0.05) is 24.9 Å². The molecule has 0 atom stereocenters. The van der Waals surface area contributed by atoms with Gasteiger partial charge in [-0.15, -0.1) is 0 Å². The van der Waals surface area contributed by atoms with Gasteiger partial charge in [0.05, 0.1) is 29.7 Å². The Morgan fingerprint density at radius 1 is 1.48 bits per heavy atom. The van der Waals surface area contributed by atoms with Gasteiger partial charge in [0.1, 0.15) is 5.75 Å². The molecule has 0 spiro atoms. The molecule has 0 fully saturated rings. The van der Waals surface area contributed by atoms with Crippen LogP contribution in [0.4, 0.5) is 5.95 Å². The van der Waals surface area contributed by atoms with Crippen LogP contribution in [0.3, 0.4) is 0 Å². The average molecular weight is 307 g/mol. The Kier molecular flexibility index (Phi) is 5.22. The van der Waals surface area contributed by atoms with Gasteiger partial charge in [0, 0.05) is 0 Å². The number of ether oxygens (including phenoxy) is 1. The zero-order valence-electron chi connectivity index (χ0n) is 12.2. The van der Waals surface area contributed by atoms with Crippen LogP contribution in [-0.4, -0.2) is 22.5 Å². The summed E-state index contributed by atoms with van der Waals surface area (Å²) in [6.45, 7) is 4.66. The lowest BCUT2D eigenvalue weighted by molar-refractivity contribution is 0.309. The number of aromatic nitrogens is 2. The third-order valence-corrected chi connectivity index (χ3v) is 3.17. The minimum atomic E-state index is 0.356. The minimum absolute atomic E-state index is 0.356. The van der Waals surface area contributed by atoms with Gasteiger partial charge in [-0.05, 0) is 37.1 Å². The second kappa shape index (κ2) is 7.13. The number of halogens is 1. The molecule has 0 radical (unpaired) electrons. The third-order valence-electron chi connectivity index (χ3n) is 2.88. The Hall–Kier alpha value is -2.01. The van der Waals surface area contributed by atoms with E-state index in [1.54, 1.807) is 12.4 Å². The number of hydrogen-bond donors (Lipinski definition) is 1. The zero-order valence-corrected chi connectivity index (χ0v) is 13.0. The number of nitrogens with two attached hydrogens (primary N) is 1. The van der Waals surface area contributed by atoms with Crippen LogP contribution in [0.1, 0.15) is 31.0 Å². The number of rotatable bonds is 6. The molecule has 0 amide bonds. The Morgan fingerprint density at radius 2 is 2.29 bits per heavy atom. The van der Waals surface area contributed by atoms with Crippen molar-refractivity contribution in [2.45, 2.75) is 26.7 Å². The third kappa shape index (κ3) is 4.23. The van der Waals surface area contributed by atoms with E-state index in [1.165, 1.54) is 4.68 Å². The molecule has 0 saturated carbocycles. The molecule has 2 aromatic rings. The van der Waals surface area contributed by atoms with Crippen LogP contribution >= 0.6 is 11.6 Å². The van der Waals surface area contributed by atoms with E-state index in [4.69, 9.17) is 22.1 Å². The van der Waals surface area contributed by atoms with Gasteiger partial charge in [-0.25, -0.2) is 9.66 Å². The fourth-order valence-corrected chi connectivity index (χ4v) is 2.01. The van der Waals surface area contributed by atoms with E-state index in [9.17, 15) is 0 Å². The summed E-state index contributed by atoms with van der Waals surface area (Å²) < 4.78 is 7.13. The monoisotopic (exact) mass is 306 g/mol. The first-order valence-electron chi connectivity index (χ1n) is 6.88. The van der Waals surface area contributed by atoms with E-state index in [0.29, 0.717) is 23.3 Å². The van der Waals surface area contributed by atoms with Crippen molar-refractivity contribution in [3.8, 4) is 5.75 Å². The summed E-state index contributed by atoms with van der Waals surface area (Å²) in [4.78, 5) is 4.08.